The van der Waals surface area contributed by atoms with E-state index < -0.39 is 5.91 Å². The Labute approximate surface area is 151 Å². The van der Waals surface area contributed by atoms with E-state index in [0.29, 0.717) is 30.0 Å². The van der Waals surface area contributed by atoms with Gasteiger partial charge in [0.25, 0.3) is 11.8 Å². The minimum atomic E-state index is -0.604. The van der Waals surface area contributed by atoms with E-state index in [4.69, 9.17) is 15.2 Å². The van der Waals surface area contributed by atoms with Crippen LogP contribution in [0.4, 0.5) is 4.39 Å². The highest BCUT2D eigenvalue weighted by Crippen LogP contribution is 2.28. The first-order valence-electron chi connectivity index (χ1n) is 7.99. The number of carbonyl (C=O) groups excluding carboxylic acids is 2. The lowest BCUT2D eigenvalue weighted by molar-refractivity contribution is -0.119. The molecule has 0 aliphatic heterocycles. The predicted octanol–water partition coefficient (Wildman–Crippen LogP) is 2.01. The zero-order chi connectivity index (χ0) is 19.1. The van der Waals surface area contributed by atoms with Crippen molar-refractivity contribution in [3.63, 3.8) is 0 Å². The highest BCUT2D eigenvalue weighted by atomic mass is 19.1. The van der Waals surface area contributed by atoms with Crippen molar-refractivity contribution >= 4 is 11.8 Å². The number of rotatable bonds is 8. The molecule has 0 saturated heterocycles. The van der Waals surface area contributed by atoms with Gasteiger partial charge in [0.1, 0.15) is 5.82 Å². The maximum absolute atomic E-state index is 12.9. The standard InChI is InChI=1S/C19H21FN2O4/c1-22(10-9-13-3-6-15(20)7-4-13)19(24)14-5-8-16(17(11-14)25-2)26-12-18(21)23/h3-8,11H,9-10,12H2,1-2H3,(H2,21,23). The largest absolute Gasteiger partial charge is 0.493 e. The molecule has 0 radical (unpaired) electrons. The van der Waals surface area contributed by atoms with Gasteiger partial charge in [-0.2, -0.15) is 0 Å². The molecule has 0 atom stereocenters. The molecule has 0 fully saturated rings. The van der Waals surface area contributed by atoms with Crippen LogP contribution in [0.2, 0.25) is 0 Å². The first-order chi connectivity index (χ1) is 12.4. The van der Waals surface area contributed by atoms with Gasteiger partial charge >= 0.3 is 0 Å². The van der Waals surface area contributed by atoms with E-state index in [1.807, 2.05) is 0 Å². The SMILES string of the molecule is COc1cc(C(=O)N(C)CCc2ccc(F)cc2)ccc1OCC(N)=O. The normalized spacial score (nSPS) is 10.3. The summed E-state index contributed by atoms with van der Waals surface area (Å²) >= 11 is 0. The number of nitrogens with zero attached hydrogens (tertiary/aromatic N) is 1. The van der Waals surface area contributed by atoms with Gasteiger partial charge in [-0.25, -0.2) is 4.39 Å². The molecule has 7 heteroatoms. The van der Waals surface area contributed by atoms with E-state index in [0.717, 1.165) is 5.56 Å². The maximum Gasteiger partial charge on any atom is 0.255 e. The Hall–Kier alpha value is -3.09. The molecule has 2 rings (SSSR count). The van der Waals surface area contributed by atoms with Crippen LogP contribution < -0.4 is 15.2 Å². The number of amides is 2. The number of ether oxygens (including phenoxy) is 2. The van der Waals surface area contributed by atoms with Crippen molar-refractivity contribution in [3.05, 3.63) is 59.4 Å². The van der Waals surface area contributed by atoms with Crippen molar-refractivity contribution in [3.8, 4) is 11.5 Å². The molecule has 0 aliphatic rings. The summed E-state index contributed by atoms with van der Waals surface area (Å²) in [6.07, 6.45) is 0.611. The summed E-state index contributed by atoms with van der Waals surface area (Å²) in [5.41, 5.74) is 6.42. The second kappa shape index (κ2) is 8.84. The molecule has 0 saturated carbocycles. The van der Waals surface area contributed by atoms with Gasteiger partial charge in [-0.3, -0.25) is 9.59 Å². The number of likely N-dealkylation sites (N-methyl/N-ethyl adjacent to an activating group) is 1. The van der Waals surface area contributed by atoms with Gasteiger partial charge in [-0.1, -0.05) is 12.1 Å². The second-order valence-corrected chi connectivity index (χ2v) is 5.72. The molecule has 0 aliphatic carbocycles. The molecule has 0 aromatic heterocycles. The lowest BCUT2D eigenvalue weighted by Crippen LogP contribution is -2.28. The van der Waals surface area contributed by atoms with E-state index in [-0.39, 0.29) is 18.3 Å². The maximum atomic E-state index is 12.9. The number of halogens is 1. The van der Waals surface area contributed by atoms with Gasteiger partial charge in [-0.05, 0) is 42.3 Å². The van der Waals surface area contributed by atoms with E-state index in [2.05, 4.69) is 0 Å². The van der Waals surface area contributed by atoms with Crippen LogP contribution in [0.25, 0.3) is 0 Å². The van der Waals surface area contributed by atoms with Crippen LogP contribution in [0.5, 0.6) is 11.5 Å². The molecule has 2 aromatic carbocycles. The van der Waals surface area contributed by atoms with E-state index >= 15 is 0 Å². The average Bonchev–Trinajstić information content (AvgIpc) is 2.64. The summed E-state index contributed by atoms with van der Waals surface area (Å²) in [6.45, 7) is 0.202. The number of hydrogen-bond donors (Lipinski definition) is 1. The molecule has 0 bridgehead atoms. The molecular formula is C19H21FN2O4. The molecular weight excluding hydrogens is 339 g/mol. The third-order valence-corrected chi connectivity index (χ3v) is 3.78. The number of methoxy groups -OCH3 is 1. The molecule has 6 nitrogen and oxygen atoms in total. The topological polar surface area (TPSA) is 81.9 Å². The Morgan fingerprint density at radius 3 is 2.42 bits per heavy atom. The minimum absolute atomic E-state index is 0.188. The predicted molar refractivity (Wildman–Crippen MR) is 94.7 cm³/mol. The monoisotopic (exact) mass is 360 g/mol. The number of nitrogens with two attached hydrogens (primary N) is 1. The smallest absolute Gasteiger partial charge is 0.255 e. The Kier molecular flexibility index (Phi) is 6.54. The fraction of sp³-hybridized carbons (Fsp3) is 0.263. The molecule has 0 spiro atoms. The summed E-state index contributed by atoms with van der Waals surface area (Å²) in [6, 6.07) is 10.9. The van der Waals surface area contributed by atoms with Crippen molar-refractivity contribution < 1.29 is 23.5 Å². The lowest BCUT2D eigenvalue weighted by atomic mass is 10.1. The summed E-state index contributed by atoms with van der Waals surface area (Å²) in [4.78, 5) is 25.0. The number of hydrogen-bond acceptors (Lipinski definition) is 4. The molecule has 26 heavy (non-hydrogen) atoms. The van der Waals surface area contributed by atoms with Crippen molar-refractivity contribution in [1.82, 2.24) is 4.90 Å². The van der Waals surface area contributed by atoms with Crippen LogP contribution in [0.1, 0.15) is 15.9 Å². The average molecular weight is 360 g/mol. The van der Waals surface area contributed by atoms with Gasteiger partial charge in [0, 0.05) is 19.2 Å². The third kappa shape index (κ3) is 5.20. The summed E-state index contributed by atoms with van der Waals surface area (Å²) in [7, 11) is 3.13. The van der Waals surface area contributed by atoms with Crippen LogP contribution in [-0.2, 0) is 11.2 Å². The molecule has 0 unspecified atom stereocenters. The van der Waals surface area contributed by atoms with Gasteiger partial charge < -0.3 is 20.1 Å². The van der Waals surface area contributed by atoms with Crippen LogP contribution in [0.3, 0.4) is 0 Å². The van der Waals surface area contributed by atoms with Gasteiger partial charge in [0.05, 0.1) is 7.11 Å². The van der Waals surface area contributed by atoms with Gasteiger partial charge in [-0.15, -0.1) is 0 Å². The zero-order valence-electron chi connectivity index (χ0n) is 14.7. The third-order valence-electron chi connectivity index (χ3n) is 3.78. The van der Waals surface area contributed by atoms with E-state index in [1.165, 1.54) is 19.2 Å². The zero-order valence-corrected chi connectivity index (χ0v) is 14.7. The Morgan fingerprint density at radius 2 is 1.81 bits per heavy atom. The molecule has 2 amide bonds. The van der Waals surface area contributed by atoms with Crippen molar-refractivity contribution in [2.24, 2.45) is 5.73 Å². The van der Waals surface area contributed by atoms with Crippen molar-refractivity contribution in [1.29, 1.82) is 0 Å². The Balaban J connectivity index is 2.02. The first-order valence-corrected chi connectivity index (χ1v) is 7.99. The number of primary amides is 1. The van der Waals surface area contributed by atoms with Crippen LogP contribution in [0, 0.1) is 5.82 Å². The van der Waals surface area contributed by atoms with Crippen molar-refractivity contribution in [2.45, 2.75) is 6.42 Å². The summed E-state index contributed by atoms with van der Waals surface area (Å²) < 4.78 is 23.4. The van der Waals surface area contributed by atoms with Crippen molar-refractivity contribution in [2.75, 3.05) is 27.3 Å². The van der Waals surface area contributed by atoms with Crippen LogP contribution in [-0.4, -0.2) is 44.0 Å². The molecule has 138 valence electrons. The van der Waals surface area contributed by atoms with E-state index in [9.17, 15) is 14.0 Å². The quantitative estimate of drug-likeness (QED) is 0.781. The fourth-order valence-corrected chi connectivity index (χ4v) is 2.34. The van der Waals surface area contributed by atoms with E-state index in [1.54, 1.807) is 42.3 Å². The number of carbonyl (C=O) groups is 2. The highest BCUT2D eigenvalue weighted by Gasteiger charge is 2.15. The number of benzene rings is 2. The molecule has 2 aromatic rings. The fourth-order valence-electron chi connectivity index (χ4n) is 2.34. The molecule has 2 N–H and O–H groups in total. The lowest BCUT2D eigenvalue weighted by Gasteiger charge is -2.18. The van der Waals surface area contributed by atoms with Crippen LogP contribution in [0.15, 0.2) is 42.5 Å². The van der Waals surface area contributed by atoms with Gasteiger partial charge in [0.2, 0.25) is 0 Å². The summed E-state index contributed by atoms with van der Waals surface area (Å²) in [5, 5.41) is 0. The van der Waals surface area contributed by atoms with Crippen LogP contribution >= 0.6 is 0 Å². The molecule has 0 heterocycles. The highest BCUT2D eigenvalue weighted by molar-refractivity contribution is 5.94. The first kappa shape index (κ1) is 19.2. The Morgan fingerprint density at radius 1 is 1.12 bits per heavy atom. The minimum Gasteiger partial charge on any atom is -0.493 e. The summed E-state index contributed by atoms with van der Waals surface area (Å²) in [5.74, 6) is -0.413. The van der Waals surface area contributed by atoms with Gasteiger partial charge in [0.15, 0.2) is 18.1 Å². The Bertz CT molecular complexity index is 778. The second-order valence-electron chi connectivity index (χ2n) is 5.72.